The fourth-order valence-electron chi connectivity index (χ4n) is 1.89. The Morgan fingerprint density at radius 3 is 2.85 bits per heavy atom. The summed E-state index contributed by atoms with van der Waals surface area (Å²) in [6, 6.07) is 9.50. The molecule has 0 saturated heterocycles. The number of nitrogens with zero attached hydrogens (tertiary/aromatic N) is 3. The third-order valence-corrected chi connectivity index (χ3v) is 2.88. The van der Waals surface area contributed by atoms with Crippen LogP contribution < -0.4 is 4.74 Å². The summed E-state index contributed by atoms with van der Waals surface area (Å²) in [4.78, 5) is 16.0. The minimum atomic E-state index is 0.117. The molecule has 2 aromatic rings. The van der Waals surface area contributed by atoms with Crippen molar-refractivity contribution in [2.45, 2.75) is 32.7 Å². The van der Waals surface area contributed by atoms with Crippen LogP contribution in [0.1, 0.15) is 25.6 Å². The van der Waals surface area contributed by atoms with Crippen LogP contribution in [0.5, 0.6) is 5.75 Å². The van der Waals surface area contributed by atoms with Crippen LogP contribution in [0.4, 0.5) is 0 Å². The van der Waals surface area contributed by atoms with Gasteiger partial charge in [0.25, 0.3) is 0 Å². The maximum atomic E-state index is 11.9. The molecule has 1 aromatic heterocycles. The molecule has 0 aliphatic carbocycles. The van der Waals surface area contributed by atoms with E-state index in [-0.39, 0.29) is 5.78 Å². The van der Waals surface area contributed by atoms with Crippen LogP contribution in [0.2, 0.25) is 0 Å². The summed E-state index contributed by atoms with van der Waals surface area (Å²) in [6.07, 6.45) is 3.17. The molecule has 2 rings (SSSR count). The van der Waals surface area contributed by atoms with Crippen LogP contribution in [0.25, 0.3) is 0 Å². The first-order valence-corrected chi connectivity index (χ1v) is 6.86. The topological polar surface area (TPSA) is 57.0 Å². The van der Waals surface area contributed by atoms with Crippen LogP contribution in [0.15, 0.2) is 36.7 Å². The molecule has 0 amide bonds. The number of rotatable bonds is 8. The number of Topliss-reactive ketones (excluding diaryl/α,β-unsaturated/α-hetero) is 1. The van der Waals surface area contributed by atoms with Crippen molar-refractivity contribution in [1.29, 1.82) is 0 Å². The lowest BCUT2D eigenvalue weighted by atomic mass is 10.2. The number of para-hydroxylation sites is 1. The van der Waals surface area contributed by atoms with Gasteiger partial charge in [0.05, 0.1) is 13.0 Å². The molecule has 0 N–H and O–H groups in total. The number of ketones is 1. The average molecular weight is 273 g/mol. The zero-order chi connectivity index (χ0) is 14.2. The molecule has 20 heavy (non-hydrogen) atoms. The second-order valence-corrected chi connectivity index (χ2v) is 4.53. The summed E-state index contributed by atoms with van der Waals surface area (Å²) in [7, 11) is 0. The Bertz CT molecular complexity index is 537. The second kappa shape index (κ2) is 7.43. The van der Waals surface area contributed by atoms with Crippen molar-refractivity contribution in [1.82, 2.24) is 14.8 Å². The first-order valence-electron chi connectivity index (χ1n) is 6.86. The van der Waals surface area contributed by atoms with Crippen LogP contribution in [-0.2, 0) is 17.8 Å². The average Bonchev–Trinajstić information content (AvgIpc) is 2.88. The van der Waals surface area contributed by atoms with E-state index in [1.807, 2.05) is 30.3 Å². The van der Waals surface area contributed by atoms with E-state index in [2.05, 4.69) is 17.0 Å². The lowest BCUT2D eigenvalue weighted by Crippen LogP contribution is -2.13. The summed E-state index contributed by atoms with van der Waals surface area (Å²) < 4.78 is 7.30. The Morgan fingerprint density at radius 2 is 2.10 bits per heavy atom. The highest BCUT2D eigenvalue weighted by Crippen LogP contribution is 2.09. The molecule has 1 heterocycles. The lowest BCUT2D eigenvalue weighted by molar-refractivity contribution is -0.119. The molecule has 5 nitrogen and oxygen atoms in total. The number of aromatic nitrogens is 3. The molecule has 0 bridgehead atoms. The van der Waals surface area contributed by atoms with Gasteiger partial charge in [0.1, 0.15) is 23.7 Å². The number of ether oxygens (including phenoxy) is 1. The number of hydrogen-bond acceptors (Lipinski definition) is 4. The van der Waals surface area contributed by atoms with Crippen molar-refractivity contribution in [3.05, 3.63) is 42.5 Å². The molecule has 0 aliphatic rings. The van der Waals surface area contributed by atoms with E-state index >= 15 is 0 Å². The quantitative estimate of drug-likeness (QED) is 0.740. The summed E-state index contributed by atoms with van der Waals surface area (Å²) in [5.41, 5.74) is 0. The van der Waals surface area contributed by atoms with Crippen LogP contribution in [0, 0.1) is 0 Å². The SMILES string of the molecule is CCCn1ncnc1CC(=O)CCOc1ccccc1. The monoisotopic (exact) mass is 273 g/mol. The van der Waals surface area contributed by atoms with E-state index in [1.165, 1.54) is 6.33 Å². The van der Waals surface area contributed by atoms with Crippen molar-refractivity contribution in [2.24, 2.45) is 0 Å². The number of carbonyl (C=O) groups excluding carboxylic acids is 1. The maximum absolute atomic E-state index is 11.9. The molecule has 0 aliphatic heterocycles. The molecule has 0 saturated carbocycles. The molecule has 106 valence electrons. The molecule has 0 atom stereocenters. The molecule has 0 fully saturated rings. The minimum absolute atomic E-state index is 0.117. The van der Waals surface area contributed by atoms with Gasteiger partial charge in [-0.15, -0.1) is 0 Å². The Morgan fingerprint density at radius 1 is 1.30 bits per heavy atom. The Balaban J connectivity index is 1.76. The number of hydrogen-bond donors (Lipinski definition) is 0. The van der Waals surface area contributed by atoms with Gasteiger partial charge in [-0.05, 0) is 18.6 Å². The number of benzene rings is 1. The van der Waals surface area contributed by atoms with Gasteiger partial charge in [-0.2, -0.15) is 5.10 Å². The third-order valence-electron chi connectivity index (χ3n) is 2.88. The van der Waals surface area contributed by atoms with Gasteiger partial charge >= 0.3 is 0 Å². The van der Waals surface area contributed by atoms with Gasteiger partial charge in [0, 0.05) is 13.0 Å². The summed E-state index contributed by atoms with van der Waals surface area (Å²) in [6.45, 7) is 3.26. The van der Waals surface area contributed by atoms with E-state index in [9.17, 15) is 4.79 Å². The van der Waals surface area contributed by atoms with Gasteiger partial charge in [-0.25, -0.2) is 9.67 Å². The normalized spacial score (nSPS) is 10.4. The largest absolute Gasteiger partial charge is 0.493 e. The van der Waals surface area contributed by atoms with E-state index in [1.54, 1.807) is 4.68 Å². The zero-order valence-electron chi connectivity index (χ0n) is 11.7. The van der Waals surface area contributed by atoms with Crippen molar-refractivity contribution in [2.75, 3.05) is 6.61 Å². The van der Waals surface area contributed by atoms with Gasteiger partial charge in [0.2, 0.25) is 0 Å². The highest BCUT2D eigenvalue weighted by Gasteiger charge is 2.10. The first kappa shape index (κ1) is 14.2. The highest BCUT2D eigenvalue weighted by molar-refractivity contribution is 5.80. The smallest absolute Gasteiger partial charge is 0.143 e. The maximum Gasteiger partial charge on any atom is 0.143 e. The Labute approximate surface area is 118 Å². The van der Waals surface area contributed by atoms with Crippen LogP contribution >= 0.6 is 0 Å². The van der Waals surface area contributed by atoms with Gasteiger partial charge in [-0.3, -0.25) is 4.79 Å². The third kappa shape index (κ3) is 4.19. The Kier molecular flexibility index (Phi) is 5.29. The van der Waals surface area contributed by atoms with Crippen LogP contribution in [-0.4, -0.2) is 27.2 Å². The molecule has 0 unspecified atom stereocenters. The van der Waals surface area contributed by atoms with Crippen molar-refractivity contribution < 1.29 is 9.53 Å². The van der Waals surface area contributed by atoms with Gasteiger partial charge in [0.15, 0.2) is 0 Å². The van der Waals surface area contributed by atoms with E-state index in [4.69, 9.17) is 4.74 Å². The molecule has 0 spiro atoms. The minimum Gasteiger partial charge on any atom is -0.493 e. The number of carbonyl (C=O) groups is 1. The van der Waals surface area contributed by atoms with Gasteiger partial charge < -0.3 is 4.74 Å². The fraction of sp³-hybridized carbons (Fsp3) is 0.400. The van der Waals surface area contributed by atoms with Crippen molar-refractivity contribution >= 4 is 5.78 Å². The number of aryl methyl sites for hydroxylation is 1. The summed E-state index contributed by atoms with van der Waals surface area (Å²) in [5.74, 6) is 1.64. The highest BCUT2D eigenvalue weighted by atomic mass is 16.5. The molecule has 1 aromatic carbocycles. The van der Waals surface area contributed by atoms with Crippen molar-refractivity contribution in [3.63, 3.8) is 0 Å². The Hall–Kier alpha value is -2.17. The molecule has 5 heteroatoms. The summed E-state index contributed by atoms with van der Waals surface area (Å²) in [5, 5.41) is 4.11. The molecular weight excluding hydrogens is 254 g/mol. The van der Waals surface area contributed by atoms with Crippen LogP contribution in [0.3, 0.4) is 0 Å². The zero-order valence-corrected chi connectivity index (χ0v) is 11.7. The van der Waals surface area contributed by atoms with E-state index in [0.29, 0.717) is 19.4 Å². The van der Waals surface area contributed by atoms with Gasteiger partial charge in [-0.1, -0.05) is 25.1 Å². The predicted molar refractivity (Wildman–Crippen MR) is 75.6 cm³/mol. The molecule has 0 radical (unpaired) electrons. The second-order valence-electron chi connectivity index (χ2n) is 4.53. The van der Waals surface area contributed by atoms with E-state index < -0.39 is 0 Å². The standard InChI is InChI=1S/C15H19N3O2/c1-2-9-18-15(16-12-17-18)11-13(19)8-10-20-14-6-4-3-5-7-14/h3-7,12H,2,8-11H2,1H3. The predicted octanol–water partition coefficient (Wildman–Crippen LogP) is 2.27. The summed E-state index contributed by atoms with van der Waals surface area (Å²) >= 11 is 0. The van der Waals surface area contributed by atoms with E-state index in [0.717, 1.165) is 24.5 Å². The first-order chi connectivity index (χ1) is 9.79. The lowest BCUT2D eigenvalue weighted by Gasteiger charge is -2.06. The fourth-order valence-corrected chi connectivity index (χ4v) is 1.89. The molecular formula is C15H19N3O2. The van der Waals surface area contributed by atoms with Crippen molar-refractivity contribution in [3.8, 4) is 5.75 Å².